The van der Waals surface area contributed by atoms with Crippen molar-refractivity contribution in [3.8, 4) is 5.75 Å². The fourth-order valence-corrected chi connectivity index (χ4v) is 2.09. The summed E-state index contributed by atoms with van der Waals surface area (Å²) in [6.45, 7) is 1.10. The fraction of sp³-hybridized carbons (Fsp3) is 0.200. The van der Waals surface area contributed by atoms with Crippen LogP contribution in [0.1, 0.15) is 0 Å². The van der Waals surface area contributed by atoms with Gasteiger partial charge in [-0.2, -0.15) is 5.10 Å². The van der Waals surface area contributed by atoms with Gasteiger partial charge >= 0.3 is 0 Å². The van der Waals surface area contributed by atoms with Gasteiger partial charge in [0.25, 0.3) is 5.91 Å². The van der Waals surface area contributed by atoms with Crippen LogP contribution < -0.4 is 10.5 Å². The normalized spacial score (nSPS) is 16.8. The summed E-state index contributed by atoms with van der Waals surface area (Å²) in [7, 11) is 0. The third-order valence-electron chi connectivity index (χ3n) is 3.19. The van der Waals surface area contributed by atoms with E-state index in [0.29, 0.717) is 25.4 Å². The molecule has 2 N–H and O–H groups in total. The van der Waals surface area contributed by atoms with E-state index in [4.69, 9.17) is 10.5 Å². The highest BCUT2D eigenvalue weighted by atomic mass is 16.5. The monoisotopic (exact) mass is 284 g/mol. The Balaban J connectivity index is 1.57. The van der Waals surface area contributed by atoms with E-state index in [9.17, 15) is 4.79 Å². The summed E-state index contributed by atoms with van der Waals surface area (Å²) in [5, 5.41) is 5.77. The molecule has 0 aliphatic carbocycles. The molecule has 2 heterocycles. The van der Waals surface area contributed by atoms with Gasteiger partial charge in [-0.3, -0.25) is 4.79 Å². The molecule has 0 radical (unpaired) electrons. The van der Waals surface area contributed by atoms with Gasteiger partial charge < -0.3 is 15.4 Å². The second kappa shape index (κ2) is 5.70. The van der Waals surface area contributed by atoms with Crippen molar-refractivity contribution < 1.29 is 9.53 Å². The highest BCUT2D eigenvalue weighted by Gasteiger charge is 2.24. The Morgan fingerprint density at radius 3 is 2.86 bits per heavy atom. The Bertz CT molecular complexity index is 619. The molecule has 108 valence electrons. The molecule has 3 rings (SSSR count). The molecule has 0 atom stereocenters. The molecular weight excluding hydrogens is 268 g/mol. The maximum absolute atomic E-state index is 12.0. The lowest BCUT2D eigenvalue weighted by molar-refractivity contribution is -0.132. The van der Waals surface area contributed by atoms with Gasteiger partial charge in [-0.15, -0.1) is 0 Å². The fourth-order valence-electron chi connectivity index (χ4n) is 2.09. The van der Waals surface area contributed by atoms with E-state index in [1.807, 2.05) is 29.3 Å². The zero-order valence-electron chi connectivity index (χ0n) is 11.5. The van der Waals surface area contributed by atoms with Gasteiger partial charge in [-0.1, -0.05) is 6.08 Å². The van der Waals surface area contributed by atoms with Crippen LogP contribution in [0, 0.1) is 0 Å². The molecule has 2 aliphatic heterocycles. The van der Waals surface area contributed by atoms with E-state index in [1.54, 1.807) is 24.3 Å². The number of nitrogen functional groups attached to an aromatic ring is 1. The van der Waals surface area contributed by atoms with Crippen molar-refractivity contribution in [1.29, 1.82) is 0 Å². The maximum atomic E-state index is 12.0. The molecule has 6 nitrogen and oxygen atoms in total. The minimum atomic E-state index is -0.0420. The van der Waals surface area contributed by atoms with Crippen LogP contribution in [0.15, 0.2) is 53.8 Å². The molecule has 1 aromatic carbocycles. The number of nitrogens with two attached hydrogens (primary N) is 1. The van der Waals surface area contributed by atoms with Crippen LogP contribution in [0.5, 0.6) is 5.75 Å². The highest BCUT2D eigenvalue weighted by molar-refractivity contribution is 6.00. The van der Waals surface area contributed by atoms with Crippen LogP contribution in [0.3, 0.4) is 0 Å². The molecule has 0 aromatic heterocycles. The van der Waals surface area contributed by atoms with Crippen molar-refractivity contribution >= 4 is 17.4 Å². The zero-order valence-corrected chi connectivity index (χ0v) is 11.5. The lowest BCUT2D eigenvalue weighted by atomic mass is 10.3. The van der Waals surface area contributed by atoms with Gasteiger partial charge in [0.1, 0.15) is 18.9 Å². The summed E-state index contributed by atoms with van der Waals surface area (Å²) in [6.07, 6.45) is 7.50. The number of allylic oxidation sites excluding steroid dienone is 2. The maximum Gasteiger partial charge on any atom is 0.262 e. The van der Waals surface area contributed by atoms with E-state index < -0.39 is 0 Å². The van der Waals surface area contributed by atoms with E-state index in [1.165, 1.54) is 5.01 Å². The number of hydrazone groups is 1. The Morgan fingerprint density at radius 1 is 1.24 bits per heavy atom. The Labute approximate surface area is 122 Å². The summed E-state index contributed by atoms with van der Waals surface area (Å²) in [5.74, 6) is 1.45. The van der Waals surface area contributed by atoms with Gasteiger partial charge in [-0.05, 0) is 36.4 Å². The third-order valence-corrected chi connectivity index (χ3v) is 3.19. The number of fused-ring (bicyclic) bond motifs is 1. The number of carbonyl (C=O) groups excluding carboxylic acids is 1. The Hall–Kier alpha value is -2.76. The van der Waals surface area contributed by atoms with Crippen LogP contribution in [-0.2, 0) is 4.79 Å². The van der Waals surface area contributed by atoms with E-state index in [2.05, 4.69) is 5.10 Å². The second-order valence-electron chi connectivity index (χ2n) is 4.72. The number of nitrogens with zero attached hydrogens (tertiary/aromatic N) is 3. The molecule has 6 heteroatoms. The lowest BCUT2D eigenvalue weighted by Crippen LogP contribution is -2.46. The molecular formula is C15H16N4O2. The SMILES string of the molecule is Nc1ccc(OCCN2N=C3C=CC=CN3CC2=O)cc1. The molecule has 1 amide bonds. The van der Waals surface area contributed by atoms with Crippen molar-refractivity contribution in [1.82, 2.24) is 9.91 Å². The summed E-state index contributed by atoms with van der Waals surface area (Å²) in [4.78, 5) is 13.8. The first-order valence-electron chi connectivity index (χ1n) is 6.71. The number of ether oxygens (including phenoxy) is 1. The van der Waals surface area contributed by atoms with E-state index in [-0.39, 0.29) is 5.91 Å². The van der Waals surface area contributed by atoms with Crippen LogP contribution in [-0.4, -0.2) is 41.3 Å². The molecule has 2 aliphatic rings. The van der Waals surface area contributed by atoms with Crippen molar-refractivity contribution in [2.75, 3.05) is 25.4 Å². The van der Waals surface area contributed by atoms with E-state index >= 15 is 0 Å². The van der Waals surface area contributed by atoms with Gasteiger partial charge in [0.15, 0.2) is 5.84 Å². The van der Waals surface area contributed by atoms with Crippen molar-refractivity contribution in [2.45, 2.75) is 0 Å². The number of rotatable bonds is 4. The first-order valence-corrected chi connectivity index (χ1v) is 6.71. The molecule has 0 spiro atoms. The predicted molar refractivity (Wildman–Crippen MR) is 80.5 cm³/mol. The molecule has 0 saturated heterocycles. The summed E-state index contributed by atoms with van der Waals surface area (Å²) in [5.41, 5.74) is 6.30. The van der Waals surface area contributed by atoms with Crippen LogP contribution in [0.2, 0.25) is 0 Å². The number of hydrogen-bond donors (Lipinski definition) is 1. The van der Waals surface area contributed by atoms with Crippen molar-refractivity contribution in [3.05, 3.63) is 48.7 Å². The molecule has 0 saturated carbocycles. The lowest BCUT2D eigenvalue weighted by Gasteiger charge is -2.30. The number of carbonyl (C=O) groups is 1. The summed E-state index contributed by atoms with van der Waals surface area (Å²) < 4.78 is 5.58. The van der Waals surface area contributed by atoms with Gasteiger partial charge in [0.05, 0.1) is 6.54 Å². The van der Waals surface area contributed by atoms with Crippen LogP contribution in [0.25, 0.3) is 0 Å². The van der Waals surface area contributed by atoms with Gasteiger partial charge in [0.2, 0.25) is 0 Å². The highest BCUT2D eigenvalue weighted by Crippen LogP contribution is 2.14. The minimum Gasteiger partial charge on any atom is -0.492 e. The number of amidine groups is 1. The molecule has 0 fully saturated rings. The Kier molecular flexibility index (Phi) is 3.59. The second-order valence-corrected chi connectivity index (χ2v) is 4.72. The van der Waals surface area contributed by atoms with Gasteiger partial charge in [0, 0.05) is 11.9 Å². The summed E-state index contributed by atoms with van der Waals surface area (Å²) >= 11 is 0. The number of anilines is 1. The number of hydrogen-bond acceptors (Lipinski definition) is 5. The average molecular weight is 284 g/mol. The van der Waals surface area contributed by atoms with Crippen LogP contribution >= 0.6 is 0 Å². The zero-order chi connectivity index (χ0) is 14.7. The minimum absolute atomic E-state index is 0.0420. The molecule has 0 bridgehead atoms. The first-order chi connectivity index (χ1) is 10.2. The van der Waals surface area contributed by atoms with Crippen LogP contribution in [0.4, 0.5) is 5.69 Å². The van der Waals surface area contributed by atoms with Crippen molar-refractivity contribution in [2.24, 2.45) is 5.10 Å². The topological polar surface area (TPSA) is 71.2 Å². The first kappa shape index (κ1) is 13.2. The number of amides is 1. The molecule has 0 unspecified atom stereocenters. The molecule has 21 heavy (non-hydrogen) atoms. The smallest absolute Gasteiger partial charge is 0.262 e. The number of benzene rings is 1. The average Bonchev–Trinajstić information content (AvgIpc) is 2.50. The molecule has 1 aromatic rings. The Morgan fingerprint density at radius 2 is 2.05 bits per heavy atom. The largest absolute Gasteiger partial charge is 0.492 e. The summed E-state index contributed by atoms with van der Waals surface area (Å²) in [6, 6.07) is 7.16. The standard InChI is InChI=1S/C15H16N4O2/c16-12-4-6-13(7-5-12)21-10-9-19-15(20)11-18-8-2-1-3-14(18)17-19/h1-8H,9-11,16H2. The quantitative estimate of drug-likeness (QED) is 0.843. The van der Waals surface area contributed by atoms with E-state index in [0.717, 1.165) is 11.6 Å². The predicted octanol–water partition coefficient (Wildman–Crippen LogP) is 1.19. The third kappa shape index (κ3) is 3.05. The van der Waals surface area contributed by atoms with Gasteiger partial charge in [-0.25, -0.2) is 5.01 Å². The van der Waals surface area contributed by atoms with Crippen molar-refractivity contribution in [3.63, 3.8) is 0 Å².